The molecule has 1 fully saturated rings. The molecule has 1 amide bonds. The third kappa shape index (κ3) is 6.95. The molecular formula is C25H32ClN3O5S2. The van der Waals surface area contributed by atoms with E-state index in [0.29, 0.717) is 48.6 Å². The summed E-state index contributed by atoms with van der Waals surface area (Å²) in [5.74, 6) is 0.808. The Labute approximate surface area is 222 Å². The molecule has 0 radical (unpaired) electrons. The van der Waals surface area contributed by atoms with Crippen LogP contribution in [0.3, 0.4) is 0 Å². The normalized spacial score (nSPS) is 14.6. The Hall–Kier alpha value is -2.24. The van der Waals surface area contributed by atoms with Crippen molar-refractivity contribution in [1.29, 1.82) is 0 Å². The quantitative estimate of drug-likeness (QED) is 0.396. The molecule has 36 heavy (non-hydrogen) atoms. The number of sulfone groups is 1. The van der Waals surface area contributed by atoms with Crippen molar-refractivity contribution in [1.82, 2.24) is 9.88 Å². The summed E-state index contributed by atoms with van der Waals surface area (Å²) in [6.07, 6.45) is 1.17. The number of carbonyl (C=O) groups excluding carboxylic acids is 1. The van der Waals surface area contributed by atoms with Crippen LogP contribution in [0.5, 0.6) is 5.75 Å². The van der Waals surface area contributed by atoms with Crippen LogP contribution in [-0.2, 0) is 19.4 Å². The number of anilines is 1. The number of ether oxygens (including phenoxy) is 2. The van der Waals surface area contributed by atoms with E-state index in [2.05, 4.69) is 23.7 Å². The number of hydrogen-bond acceptors (Lipinski definition) is 8. The Morgan fingerprint density at radius 1 is 1.17 bits per heavy atom. The lowest BCUT2D eigenvalue weighted by Gasteiger charge is -2.29. The lowest BCUT2D eigenvalue weighted by atomic mass is 10.0. The number of thiazole rings is 1. The van der Waals surface area contributed by atoms with E-state index in [1.165, 1.54) is 23.2 Å². The first-order valence-corrected chi connectivity index (χ1v) is 14.4. The zero-order chi connectivity index (χ0) is 25.0. The fourth-order valence-corrected chi connectivity index (χ4v) is 5.82. The maximum atomic E-state index is 13.3. The molecule has 1 saturated heterocycles. The van der Waals surface area contributed by atoms with Crippen molar-refractivity contribution in [3.8, 4) is 5.75 Å². The standard InChI is InChI=1S/C25H31N3O5S2.ClH/c1-18(2)19-7-9-20(10-8-19)33-17-23(29)28(12-11-27-13-15-32-16-14-27)25-26-24-21(34-25)5-4-6-22(24)35(3,30)31;/h4-10,18H,11-17H2,1-3H3;1H. The average molecular weight is 554 g/mol. The first-order valence-electron chi connectivity index (χ1n) is 11.6. The van der Waals surface area contributed by atoms with E-state index in [1.54, 1.807) is 17.0 Å². The summed E-state index contributed by atoms with van der Waals surface area (Å²) >= 11 is 1.31. The van der Waals surface area contributed by atoms with Crippen LogP contribution in [0, 0.1) is 0 Å². The third-order valence-electron chi connectivity index (χ3n) is 5.95. The Kier molecular flexibility index (Phi) is 9.71. The topological polar surface area (TPSA) is 89.0 Å². The molecule has 196 valence electrons. The van der Waals surface area contributed by atoms with Gasteiger partial charge in [-0.15, -0.1) is 12.4 Å². The number of hydrogen-bond donors (Lipinski definition) is 0. The Bertz CT molecular complexity index is 1270. The van der Waals surface area contributed by atoms with Crippen LogP contribution < -0.4 is 9.64 Å². The van der Waals surface area contributed by atoms with E-state index in [1.807, 2.05) is 30.3 Å². The van der Waals surface area contributed by atoms with Crippen LogP contribution >= 0.6 is 23.7 Å². The lowest BCUT2D eigenvalue weighted by molar-refractivity contribution is -0.120. The zero-order valence-corrected chi connectivity index (χ0v) is 23.1. The van der Waals surface area contributed by atoms with Crippen LogP contribution in [-0.4, -0.2) is 76.5 Å². The highest BCUT2D eigenvalue weighted by molar-refractivity contribution is 7.91. The van der Waals surface area contributed by atoms with E-state index in [4.69, 9.17) is 9.47 Å². The number of aromatic nitrogens is 1. The maximum Gasteiger partial charge on any atom is 0.266 e. The van der Waals surface area contributed by atoms with Crippen molar-refractivity contribution in [2.75, 3.05) is 57.2 Å². The monoisotopic (exact) mass is 553 g/mol. The first-order chi connectivity index (χ1) is 16.7. The lowest BCUT2D eigenvalue weighted by Crippen LogP contribution is -2.44. The second-order valence-corrected chi connectivity index (χ2v) is 11.9. The van der Waals surface area contributed by atoms with Gasteiger partial charge in [0.25, 0.3) is 5.91 Å². The van der Waals surface area contributed by atoms with Gasteiger partial charge in [0.2, 0.25) is 0 Å². The largest absolute Gasteiger partial charge is 0.484 e. The van der Waals surface area contributed by atoms with Gasteiger partial charge in [-0.2, -0.15) is 0 Å². The Morgan fingerprint density at radius 3 is 2.50 bits per heavy atom. The summed E-state index contributed by atoms with van der Waals surface area (Å²) in [6.45, 7) is 8.13. The second kappa shape index (κ2) is 12.3. The van der Waals surface area contributed by atoms with Gasteiger partial charge in [-0.1, -0.05) is 43.4 Å². The number of halogens is 1. The molecule has 11 heteroatoms. The second-order valence-electron chi connectivity index (χ2n) is 8.88. The van der Waals surface area contributed by atoms with Gasteiger partial charge >= 0.3 is 0 Å². The highest BCUT2D eigenvalue weighted by Gasteiger charge is 2.24. The number of carbonyl (C=O) groups is 1. The van der Waals surface area contributed by atoms with E-state index < -0.39 is 9.84 Å². The predicted octanol–water partition coefficient (Wildman–Crippen LogP) is 3.99. The van der Waals surface area contributed by atoms with E-state index in [-0.39, 0.29) is 29.8 Å². The minimum absolute atomic E-state index is 0. The molecule has 1 aliphatic rings. The molecule has 0 N–H and O–H groups in total. The van der Waals surface area contributed by atoms with Crippen molar-refractivity contribution < 1.29 is 22.7 Å². The summed E-state index contributed by atoms with van der Waals surface area (Å²) in [4.78, 5) is 21.9. The number of benzene rings is 2. The fourth-order valence-electron chi connectivity index (χ4n) is 3.89. The predicted molar refractivity (Wildman–Crippen MR) is 146 cm³/mol. The molecule has 2 heterocycles. The molecule has 0 atom stereocenters. The molecule has 3 aromatic rings. The van der Waals surface area contributed by atoms with E-state index in [0.717, 1.165) is 17.8 Å². The molecule has 0 bridgehead atoms. The maximum absolute atomic E-state index is 13.3. The van der Waals surface area contributed by atoms with Crippen molar-refractivity contribution in [3.05, 3.63) is 48.0 Å². The van der Waals surface area contributed by atoms with Crippen LogP contribution in [0.4, 0.5) is 5.13 Å². The van der Waals surface area contributed by atoms with E-state index in [9.17, 15) is 13.2 Å². The fraction of sp³-hybridized carbons (Fsp3) is 0.440. The molecule has 1 aromatic heterocycles. The first kappa shape index (κ1) is 28.3. The zero-order valence-electron chi connectivity index (χ0n) is 20.7. The number of amides is 1. The van der Waals surface area contributed by atoms with E-state index >= 15 is 0 Å². The minimum Gasteiger partial charge on any atom is -0.484 e. The van der Waals surface area contributed by atoms with Gasteiger partial charge < -0.3 is 9.47 Å². The molecule has 4 rings (SSSR count). The van der Waals surface area contributed by atoms with Gasteiger partial charge in [-0.05, 0) is 35.7 Å². The smallest absolute Gasteiger partial charge is 0.266 e. The van der Waals surface area contributed by atoms with Crippen molar-refractivity contribution in [2.24, 2.45) is 0 Å². The van der Waals surface area contributed by atoms with Crippen LogP contribution in [0.2, 0.25) is 0 Å². The van der Waals surface area contributed by atoms with Gasteiger partial charge in [-0.3, -0.25) is 14.6 Å². The average Bonchev–Trinajstić information content (AvgIpc) is 3.27. The highest BCUT2D eigenvalue weighted by Crippen LogP contribution is 2.33. The van der Waals surface area contributed by atoms with Crippen molar-refractivity contribution in [3.63, 3.8) is 0 Å². The van der Waals surface area contributed by atoms with Crippen LogP contribution in [0.25, 0.3) is 10.2 Å². The number of nitrogens with zero attached hydrogens (tertiary/aromatic N) is 3. The number of fused-ring (bicyclic) bond motifs is 1. The van der Waals surface area contributed by atoms with Crippen LogP contribution in [0.15, 0.2) is 47.4 Å². The number of morpholine rings is 1. The van der Waals surface area contributed by atoms with Gasteiger partial charge in [-0.25, -0.2) is 13.4 Å². The summed E-state index contributed by atoms with van der Waals surface area (Å²) in [7, 11) is -3.45. The molecule has 2 aromatic carbocycles. The Balaban J connectivity index is 0.00000361. The van der Waals surface area contributed by atoms with Crippen LogP contribution in [0.1, 0.15) is 25.3 Å². The molecule has 0 spiro atoms. The Morgan fingerprint density at radius 2 is 1.86 bits per heavy atom. The molecular weight excluding hydrogens is 522 g/mol. The number of rotatable bonds is 9. The molecule has 8 nitrogen and oxygen atoms in total. The molecule has 0 saturated carbocycles. The molecule has 1 aliphatic heterocycles. The number of para-hydroxylation sites is 1. The van der Waals surface area contributed by atoms with Crippen molar-refractivity contribution in [2.45, 2.75) is 24.7 Å². The van der Waals surface area contributed by atoms with Gasteiger partial charge in [0.1, 0.15) is 11.3 Å². The van der Waals surface area contributed by atoms with Gasteiger partial charge in [0.05, 0.1) is 22.8 Å². The minimum atomic E-state index is -3.45. The summed E-state index contributed by atoms with van der Waals surface area (Å²) < 4.78 is 36.5. The summed E-state index contributed by atoms with van der Waals surface area (Å²) in [6, 6.07) is 12.8. The van der Waals surface area contributed by atoms with Crippen molar-refractivity contribution >= 4 is 54.8 Å². The van der Waals surface area contributed by atoms with Gasteiger partial charge in [0.15, 0.2) is 21.6 Å². The molecule has 0 unspecified atom stereocenters. The summed E-state index contributed by atoms with van der Waals surface area (Å²) in [5, 5.41) is 0.466. The summed E-state index contributed by atoms with van der Waals surface area (Å²) in [5.41, 5.74) is 1.59. The van der Waals surface area contributed by atoms with Gasteiger partial charge in [0, 0.05) is 32.4 Å². The SMILES string of the molecule is CC(C)c1ccc(OCC(=O)N(CCN2CCOCC2)c2nc3c(S(C)(=O)=O)cccc3s2)cc1.Cl. The molecule has 0 aliphatic carbocycles. The third-order valence-corrected chi connectivity index (χ3v) is 8.13. The highest BCUT2D eigenvalue weighted by atomic mass is 35.5.